The van der Waals surface area contributed by atoms with E-state index in [1.165, 1.54) is 6.92 Å². The van der Waals surface area contributed by atoms with E-state index < -0.39 is 33.8 Å². The lowest BCUT2D eigenvalue weighted by Gasteiger charge is -2.20. The fourth-order valence-corrected chi connectivity index (χ4v) is 2.56. The first kappa shape index (κ1) is 17.4. The van der Waals surface area contributed by atoms with Crippen LogP contribution >= 0.6 is 0 Å². The van der Waals surface area contributed by atoms with Gasteiger partial charge in [0.1, 0.15) is 5.82 Å². The molecule has 1 aromatic carbocycles. The van der Waals surface area contributed by atoms with Crippen LogP contribution < -0.4 is 15.8 Å². The van der Waals surface area contributed by atoms with Crippen molar-refractivity contribution in [2.24, 2.45) is 0 Å². The number of carbonyl (C=O) groups excluding carboxylic acids is 1. The molecule has 0 aliphatic carbocycles. The predicted octanol–water partition coefficient (Wildman–Crippen LogP) is 0.909. The number of sulfonamides is 1. The highest BCUT2D eigenvalue weighted by atomic mass is 32.2. The summed E-state index contributed by atoms with van der Waals surface area (Å²) in [7, 11) is -4.00. The highest BCUT2D eigenvalue weighted by Crippen LogP contribution is 2.20. The van der Waals surface area contributed by atoms with E-state index in [0.717, 1.165) is 12.1 Å². The average molecular weight is 317 g/mol. The number of carbonyl (C=O) groups is 1. The fraction of sp³-hybridized carbons (Fsp3) is 0.462. The number of rotatable bonds is 4. The van der Waals surface area contributed by atoms with Gasteiger partial charge in [0, 0.05) is 16.8 Å². The van der Waals surface area contributed by atoms with E-state index in [0.29, 0.717) is 0 Å². The highest BCUT2D eigenvalue weighted by molar-refractivity contribution is 7.89. The van der Waals surface area contributed by atoms with Gasteiger partial charge in [-0.15, -0.1) is 0 Å². The number of hydrogen-bond donors (Lipinski definition) is 3. The summed E-state index contributed by atoms with van der Waals surface area (Å²) in [5.41, 5.74) is 5.29. The molecule has 0 atom stereocenters. The molecule has 21 heavy (non-hydrogen) atoms. The van der Waals surface area contributed by atoms with E-state index >= 15 is 0 Å². The number of halogens is 1. The maximum atomic E-state index is 13.5. The standard InChI is InChI=1S/C13H20FN3O3S/c1-8-10(14)5-9(6-11(8)15)21(19,20)16-7-12(18)17-13(2,3)4/h5-6,16H,7,15H2,1-4H3,(H,17,18). The highest BCUT2D eigenvalue weighted by Gasteiger charge is 2.20. The SMILES string of the molecule is Cc1c(N)cc(S(=O)(=O)NCC(=O)NC(C)(C)C)cc1F. The molecule has 0 bridgehead atoms. The van der Waals surface area contributed by atoms with Gasteiger partial charge in [-0.3, -0.25) is 4.79 Å². The normalized spacial score (nSPS) is 12.2. The van der Waals surface area contributed by atoms with Crippen LogP contribution in [-0.4, -0.2) is 26.4 Å². The van der Waals surface area contributed by atoms with E-state index in [9.17, 15) is 17.6 Å². The van der Waals surface area contributed by atoms with Gasteiger partial charge >= 0.3 is 0 Å². The van der Waals surface area contributed by atoms with Crippen molar-refractivity contribution in [3.05, 3.63) is 23.5 Å². The molecule has 0 saturated carbocycles. The number of benzene rings is 1. The van der Waals surface area contributed by atoms with Crippen molar-refractivity contribution in [1.82, 2.24) is 10.0 Å². The number of anilines is 1. The van der Waals surface area contributed by atoms with Crippen LogP contribution in [0, 0.1) is 12.7 Å². The second kappa shape index (κ2) is 5.98. The molecular weight excluding hydrogens is 297 g/mol. The number of amides is 1. The molecule has 0 saturated heterocycles. The van der Waals surface area contributed by atoms with E-state index in [-0.39, 0.29) is 16.1 Å². The van der Waals surface area contributed by atoms with Gasteiger partial charge in [-0.05, 0) is 39.8 Å². The molecule has 1 amide bonds. The van der Waals surface area contributed by atoms with Crippen LogP contribution in [0.3, 0.4) is 0 Å². The first-order chi connectivity index (χ1) is 9.42. The minimum absolute atomic E-state index is 0.0366. The number of nitrogen functional groups attached to an aromatic ring is 1. The Hall–Kier alpha value is -1.67. The van der Waals surface area contributed by atoms with Gasteiger partial charge in [-0.2, -0.15) is 0 Å². The van der Waals surface area contributed by atoms with Gasteiger partial charge in [-0.1, -0.05) is 0 Å². The molecule has 4 N–H and O–H groups in total. The lowest BCUT2D eigenvalue weighted by molar-refractivity contribution is -0.121. The van der Waals surface area contributed by atoms with Gasteiger partial charge in [0.25, 0.3) is 0 Å². The molecule has 1 rings (SSSR count). The largest absolute Gasteiger partial charge is 0.398 e. The molecule has 6 nitrogen and oxygen atoms in total. The predicted molar refractivity (Wildman–Crippen MR) is 78.6 cm³/mol. The van der Waals surface area contributed by atoms with Gasteiger partial charge in [0.2, 0.25) is 15.9 Å². The first-order valence-corrected chi connectivity index (χ1v) is 7.77. The molecular formula is C13H20FN3O3S. The van der Waals surface area contributed by atoms with Crippen molar-refractivity contribution in [2.75, 3.05) is 12.3 Å². The van der Waals surface area contributed by atoms with E-state index in [4.69, 9.17) is 5.73 Å². The van der Waals surface area contributed by atoms with Crippen LogP contribution in [0.2, 0.25) is 0 Å². The maximum absolute atomic E-state index is 13.5. The molecule has 0 unspecified atom stereocenters. The van der Waals surface area contributed by atoms with Gasteiger partial charge in [-0.25, -0.2) is 17.5 Å². The third kappa shape index (κ3) is 4.98. The first-order valence-electron chi connectivity index (χ1n) is 6.29. The van der Waals surface area contributed by atoms with Crippen LogP contribution in [0.4, 0.5) is 10.1 Å². The van der Waals surface area contributed by atoms with Crippen molar-refractivity contribution >= 4 is 21.6 Å². The molecule has 1 aromatic rings. The molecule has 0 heterocycles. The summed E-state index contributed by atoms with van der Waals surface area (Å²) in [6.45, 7) is 6.33. The third-order valence-electron chi connectivity index (χ3n) is 2.61. The summed E-state index contributed by atoms with van der Waals surface area (Å²) < 4.78 is 39.7. The summed E-state index contributed by atoms with van der Waals surface area (Å²) in [4.78, 5) is 11.3. The van der Waals surface area contributed by atoms with Gasteiger partial charge < -0.3 is 11.1 Å². The Morgan fingerprint density at radius 2 is 1.90 bits per heavy atom. The molecule has 0 radical (unpaired) electrons. The van der Waals surface area contributed by atoms with Gasteiger partial charge in [0.05, 0.1) is 11.4 Å². The van der Waals surface area contributed by atoms with Crippen molar-refractivity contribution in [3.8, 4) is 0 Å². The van der Waals surface area contributed by atoms with Crippen LogP contribution in [0.1, 0.15) is 26.3 Å². The van der Waals surface area contributed by atoms with Crippen molar-refractivity contribution in [3.63, 3.8) is 0 Å². The molecule has 8 heteroatoms. The zero-order valence-corrected chi connectivity index (χ0v) is 13.3. The molecule has 0 aliphatic rings. The molecule has 0 aliphatic heterocycles. The van der Waals surface area contributed by atoms with Gasteiger partial charge in [0.15, 0.2) is 0 Å². The number of hydrogen-bond acceptors (Lipinski definition) is 4. The molecule has 0 fully saturated rings. The Morgan fingerprint density at radius 3 is 2.38 bits per heavy atom. The Bertz CT molecular complexity index is 628. The fourth-order valence-electron chi connectivity index (χ4n) is 1.54. The summed E-state index contributed by atoms with van der Waals surface area (Å²) in [6, 6.07) is 2.03. The Labute approximate surface area is 124 Å². The molecule has 0 aromatic heterocycles. The molecule has 118 valence electrons. The summed E-state index contributed by atoms with van der Waals surface area (Å²) in [6.07, 6.45) is 0. The second-order valence-electron chi connectivity index (χ2n) is 5.74. The zero-order valence-electron chi connectivity index (χ0n) is 12.5. The maximum Gasteiger partial charge on any atom is 0.241 e. The van der Waals surface area contributed by atoms with Crippen LogP contribution in [-0.2, 0) is 14.8 Å². The minimum atomic E-state index is -4.00. The average Bonchev–Trinajstić information content (AvgIpc) is 2.31. The second-order valence-corrected chi connectivity index (χ2v) is 7.51. The number of nitrogens with one attached hydrogen (secondary N) is 2. The quantitative estimate of drug-likeness (QED) is 0.718. The Kier molecular flexibility index (Phi) is 4.95. The summed E-state index contributed by atoms with van der Waals surface area (Å²) in [5.74, 6) is -1.19. The lowest BCUT2D eigenvalue weighted by atomic mass is 10.1. The monoisotopic (exact) mass is 317 g/mol. The van der Waals surface area contributed by atoms with E-state index in [1.54, 1.807) is 20.8 Å². The smallest absolute Gasteiger partial charge is 0.241 e. The summed E-state index contributed by atoms with van der Waals surface area (Å²) >= 11 is 0. The minimum Gasteiger partial charge on any atom is -0.398 e. The van der Waals surface area contributed by atoms with Crippen LogP contribution in [0.25, 0.3) is 0 Å². The molecule has 0 spiro atoms. The zero-order chi connectivity index (χ0) is 16.4. The van der Waals surface area contributed by atoms with Crippen LogP contribution in [0.15, 0.2) is 17.0 Å². The number of nitrogens with two attached hydrogens (primary N) is 1. The van der Waals surface area contributed by atoms with Crippen molar-refractivity contribution < 1.29 is 17.6 Å². The van der Waals surface area contributed by atoms with Crippen LogP contribution in [0.5, 0.6) is 0 Å². The van der Waals surface area contributed by atoms with Crippen molar-refractivity contribution in [2.45, 2.75) is 38.1 Å². The lowest BCUT2D eigenvalue weighted by Crippen LogP contribution is -2.45. The van der Waals surface area contributed by atoms with Crippen molar-refractivity contribution in [1.29, 1.82) is 0 Å². The van der Waals surface area contributed by atoms with E-state index in [2.05, 4.69) is 10.0 Å². The topological polar surface area (TPSA) is 101 Å². The third-order valence-corrected chi connectivity index (χ3v) is 3.99. The Morgan fingerprint density at radius 1 is 1.33 bits per heavy atom. The van der Waals surface area contributed by atoms with E-state index in [1.807, 2.05) is 0 Å². The Balaban J connectivity index is 2.86. The summed E-state index contributed by atoms with van der Waals surface area (Å²) in [5, 5.41) is 2.61.